The smallest absolute Gasteiger partial charge is 0.310 e. The minimum absolute atomic E-state index is 0.0193. The van der Waals surface area contributed by atoms with Crippen molar-refractivity contribution in [2.45, 2.75) is 134 Å². The van der Waals surface area contributed by atoms with Crippen molar-refractivity contribution in [1.29, 1.82) is 0 Å². The van der Waals surface area contributed by atoms with Crippen LogP contribution in [0, 0.1) is 0 Å². The van der Waals surface area contributed by atoms with E-state index in [1.54, 1.807) is 38.5 Å². The number of ether oxygens (including phenoxy) is 5. The van der Waals surface area contributed by atoms with Crippen LogP contribution in [-0.2, 0) is 39.3 Å². The molecule has 13 heteroatoms. The minimum atomic E-state index is -3.10. The van der Waals surface area contributed by atoms with Crippen molar-refractivity contribution in [2.75, 3.05) is 20.8 Å². The molecular weight excluding hydrogens is 996 g/mol. The van der Waals surface area contributed by atoms with E-state index in [0.29, 0.717) is 53.4 Å². The maximum absolute atomic E-state index is 13.2. The highest BCUT2D eigenvalue weighted by molar-refractivity contribution is 7.00. The Kier molecular flexibility index (Phi) is 19.4. The number of hydrogen-bond acceptors (Lipinski definition) is 10. The van der Waals surface area contributed by atoms with Crippen LogP contribution in [0.25, 0.3) is 0 Å². The van der Waals surface area contributed by atoms with Crippen molar-refractivity contribution < 1.29 is 47.2 Å². The summed E-state index contributed by atoms with van der Waals surface area (Å²) in [6.07, 6.45) is 4.88. The normalized spacial score (nSPS) is 19.9. The molecule has 0 saturated carbocycles. The Balaban J connectivity index is 1.10. The number of benzene rings is 5. The molecule has 5 aromatic carbocycles. The summed E-state index contributed by atoms with van der Waals surface area (Å²) in [5.41, 5.74) is 2.25. The molecule has 2 aliphatic rings. The zero-order chi connectivity index (χ0) is 53.8. The van der Waals surface area contributed by atoms with Crippen LogP contribution < -0.4 is 30.2 Å². The molecule has 2 unspecified atom stereocenters. The van der Waals surface area contributed by atoms with E-state index < -0.39 is 47.0 Å². The summed E-state index contributed by atoms with van der Waals surface area (Å²) in [5.74, 6) is 0.465. The Bertz CT molecular complexity index is 2670. The number of carbonyl (C=O) groups excluding carboxylic acids is 2. The molecule has 10 nitrogen and oxygen atoms in total. The summed E-state index contributed by atoms with van der Waals surface area (Å²) >= 11 is 7.06. The van der Waals surface area contributed by atoms with Crippen molar-refractivity contribution in [2.24, 2.45) is 0 Å². The van der Waals surface area contributed by atoms with Gasteiger partial charge in [0, 0.05) is 23.1 Å². The average molecular weight is 1070 g/mol. The van der Waals surface area contributed by atoms with Gasteiger partial charge in [-0.2, -0.15) is 0 Å². The van der Waals surface area contributed by atoms with Crippen molar-refractivity contribution in [1.82, 2.24) is 0 Å². The van der Waals surface area contributed by atoms with Crippen LogP contribution in [0.2, 0.25) is 10.1 Å². The van der Waals surface area contributed by atoms with Crippen LogP contribution in [-0.4, -0.2) is 85.0 Å². The third-order valence-electron chi connectivity index (χ3n) is 14.4. The summed E-state index contributed by atoms with van der Waals surface area (Å²) in [5, 5.41) is 16.7. The molecule has 0 spiro atoms. The summed E-state index contributed by atoms with van der Waals surface area (Å²) in [7, 11) is -2.94. The highest BCUT2D eigenvalue weighted by atomic mass is 35.5. The zero-order valence-electron chi connectivity index (χ0n) is 45.1. The van der Waals surface area contributed by atoms with Crippen molar-refractivity contribution >= 4 is 60.9 Å². The van der Waals surface area contributed by atoms with E-state index in [1.165, 1.54) is 0 Å². The molecule has 7 rings (SSSR count). The molecular formula is C62H75ClO10Si2. The van der Waals surface area contributed by atoms with Crippen molar-refractivity contribution in [3.63, 3.8) is 0 Å². The summed E-state index contributed by atoms with van der Waals surface area (Å²) in [6, 6.07) is 47.1. The van der Waals surface area contributed by atoms with E-state index >= 15 is 0 Å². The van der Waals surface area contributed by atoms with Gasteiger partial charge in [0.25, 0.3) is 16.6 Å². The Morgan fingerprint density at radius 1 is 0.773 bits per heavy atom. The van der Waals surface area contributed by atoms with Gasteiger partial charge in [-0.25, -0.2) is 0 Å². The summed E-state index contributed by atoms with van der Waals surface area (Å²) < 4.78 is 44.1. The molecule has 398 valence electrons. The number of rotatable bonds is 21. The predicted octanol–water partition coefficient (Wildman–Crippen LogP) is 10.7. The monoisotopic (exact) mass is 1070 g/mol. The maximum atomic E-state index is 13.2. The first-order chi connectivity index (χ1) is 35.9. The molecule has 0 aromatic heterocycles. The van der Waals surface area contributed by atoms with Crippen LogP contribution >= 0.6 is 11.6 Å². The fourth-order valence-corrected chi connectivity index (χ4v) is 20.3. The van der Waals surface area contributed by atoms with Gasteiger partial charge in [-0.1, -0.05) is 198 Å². The summed E-state index contributed by atoms with van der Waals surface area (Å²) in [6.45, 7) is 15.4. The first-order valence-electron chi connectivity index (χ1n) is 26.0. The number of aliphatic hydroxyl groups excluding tert-OH is 1. The second-order valence-electron chi connectivity index (χ2n) is 21.6. The zero-order valence-corrected chi connectivity index (χ0v) is 47.8. The number of allylic oxidation sites excluding steroid dienone is 3. The largest absolute Gasteiger partial charge is 0.497 e. The van der Waals surface area contributed by atoms with E-state index in [1.807, 2.05) is 37.3 Å². The van der Waals surface area contributed by atoms with E-state index in [9.17, 15) is 14.7 Å². The molecule has 2 aliphatic heterocycles. The number of aliphatic hydroxyl groups is 1. The lowest BCUT2D eigenvalue weighted by Gasteiger charge is -2.46. The fourth-order valence-electron chi connectivity index (χ4n) is 10.7. The van der Waals surface area contributed by atoms with Gasteiger partial charge in [0.2, 0.25) is 0 Å². The van der Waals surface area contributed by atoms with Gasteiger partial charge in [0.1, 0.15) is 36.9 Å². The van der Waals surface area contributed by atoms with Crippen molar-refractivity contribution in [3.05, 3.63) is 179 Å². The topological polar surface area (TPSA) is 119 Å². The lowest BCUT2D eigenvalue weighted by Crippen LogP contribution is -2.68. The second-order valence-corrected chi connectivity index (χ2v) is 30.6. The first kappa shape index (κ1) is 57.1. The lowest BCUT2D eigenvalue weighted by atomic mass is 10.0. The molecule has 5 atom stereocenters. The Morgan fingerprint density at radius 2 is 1.31 bits per heavy atom. The second kappa shape index (κ2) is 25.5. The van der Waals surface area contributed by atoms with Crippen LogP contribution in [0.5, 0.6) is 11.5 Å². The fraction of sp³-hybridized carbons (Fsp3) is 0.387. The number of carbonyl (C=O) groups is 2. The molecule has 5 aromatic rings. The third kappa shape index (κ3) is 13.7. The number of hydrogen-bond donors (Lipinski definition) is 1. The Labute approximate surface area is 451 Å². The SMILES string of the molecule is COc1ccc(COC(=O)C/C(C)=C/C(O)[C@@H]2O[C@H](CC/C(Cl)=C/C/C=C3\COC(=O)CC3O[Si](c3ccccc3)(c3ccccc3)C(C)(C)C)C[C@H]2O[Si](c2ccccc2)(c2ccccc2)C(C)(C)C)c(OC)c1. The number of methoxy groups -OCH3 is 2. The molecule has 2 saturated heterocycles. The number of halogens is 1. The highest BCUT2D eigenvalue weighted by Gasteiger charge is 2.55. The lowest BCUT2D eigenvalue weighted by molar-refractivity contribution is -0.147. The third-order valence-corrected chi connectivity index (χ3v) is 24.8. The molecule has 2 heterocycles. The molecule has 0 radical (unpaired) electrons. The standard InChI is InChI=1S/C62H75ClO10Si2/c1-44(38-58(65)69-43-46-33-35-48(67-8)39-55(46)68-9)37-54(64)60-57(73-75(62(5,6)7,52-29-18-12-19-30-52)53-31-20-13-21-32-53)40-49(71-60)36-34-47(63)24-22-23-45-42-70-59(66)41-56(45)72-74(61(2,3)4,50-25-14-10-15-26-50)51-27-16-11-17-28-51/h10-21,23-33,35,37,39,49,54,56-57,60,64H,22,34,36,38,40-43H2,1-9H3/b44-37+,45-23+,47-24-/t49-,54?,56?,57-,60+/m1/s1. The van der Waals surface area contributed by atoms with Gasteiger partial charge < -0.3 is 37.6 Å². The predicted molar refractivity (Wildman–Crippen MR) is 303 cm³/mol. The molecule has 0 amide bonds. The maximum Gasteiger partial charge on any atom is 0.310 e. The van der Waals surface area contributed by atoms with E-state index in [2.05, 4.69) is 145 Å². The first-order valence-corrected chi connectivity index (χ1v) is 30.2. The van der Waals surface area contributed by atoms with Gasteiger partial charge in [0.15, 0.2) is 0 Å². The summed E-state index contributed by atoms with van der Waals surface area (Å²) in [4.78, 5) is 26.2. The van der Waals surface area contributed by atoms with Gasteiger partial charge in [-0.05, 0) is 74.7 Å². The van der Waals surface area contributed by atoms with Crippen LogP contribution in [0.3, 0.4) is 0 Å². The molecule has 0 aliphatic carbocycles. The number of esters is 2. The van der Waals surface area contributed by atoms with Gasteiger partial charge in [-0.15, -0.1) is 0 Å². The highest BCUT2D eigenvalue weighted by Crippen LogP contribution is 2.42. The van der Waals surface area contributed by atoms with Gasteiger partial charge >= 0.3 is 11.9 Å². The van der Waals surface area contributed by atoms with E-state index in [0.717, 1.165) is 26.3 Å². The van der Waals surface area contributed by atoms with E-state index in [4.69, 9.17) is 44.1 Å². The quantitative estimate of drug-likeness (QED) is 0.0432. The number of cyclic esters (lactones) is 1. The Morgan fingerprint density at radius 3 is 1.81 bits per heavy atom. The molecule has 1 N–H and O–H groups in total. The average Bonchev–Trinajstić information content (AvgIpc) is 3.81. The minimum Gasteiger partial charge on any atom is -0.497 e. The van der Waals surface area contributed by atoms with Crippen LogP contribution in [0.1, 0.15) is 92.6 Å². The molecule has 2 fully saturated rings. The van der Waals surface area contributed by atoms with Crippen molar-refractivity contribution in [3.8, 4) is 11.5 Å². The van der Waals surface area contributed by atoms with Gasteiger partial charge in [-0.3, -0.25) is 9.59 Å². The van der Waals surface area contributed by atoms with E-state index in [-0.39, 0.29) is 48.2 Å². The molecule has 0 bridgehead atoms. The molecule has 75 heavy (non-hydrogen) atoms. The van der Waals surface area contributed by atoms with Gasteiger partial charge in [0.05, 0.1) is 45.4 Å². The van der Waals surface area contributed by atoms with Crippen LogP contribution in [0.4, 0.5) is 0 Å². The Hall–Kier alpha value is -5.58. The van der Waals surface area contributed by atoms with Crippen LogP contribution in [0.15, 0.2) is 174 Å².